The van der Waals surface area contributed by atoms with Crippen molar-refractivity contribution in [2.24, 2.45) is 0 Å². The van der Waals surface area contributed by atoms with Gasteiger partial charge in [-0.05, 0) is 43.3 Å². The summed E-state index contributed by atoms with van der Waals surface area (Å²) in [4.78, 5) is 6.31. The van der Waals surface area contributed by atoms with Gasteiger partial charge in [-0.25, -0.2) is 4.98 Å². The lowest BCUT2D eigenvalue weighted by atomic mass is 9.78. The first-order valence-electron chi connectivity index (χ1n) is 7.92. The van der Waals surface area contributed by atoms with Crippen molar-refractivity contribution in [3.8, 4) is 11.1 Å². The third-order valence-electron chi connectivity index (χ3n) is 4.48. The van der Waals surface area contributed by atoms with Gasteiger partial charge in [-0.1, -0.05) is 38.1 Å². The zero-order valence-corrected chi connectivity index (χ0v) is 14.4. The standard InChI is InChI=1S/C19H26N4/c1-5-19(2,13-23(3)4)15-8-6-7-14(11-15)16-9-10-22-18(21)17(16)12-20/h6-12,20H,5,13H2,1-4H3,(H2,21,22). The average Bonchev–Trinajstić information content (AvgIpc) is 2.54. The third-order valence-corrected chi connectivity index (χ3v) is 4.48. The zero-order chi connectivity index (χ0) is 17.0. The summed E-state index contributed by atoms with van der Waals surface area (Å²) in [5.74, 6) is 0.398. The van der Waals surface area contributed by atoms with E-state index >= 15 is 0 Å². The molecular formula is C19H26N4. The van der Waals surface area contributed by atoms with Crippen LogP contribution in [0, 0.1) is 5.41 Å². The average molecular weight is 310 g/mol. The van der Waals surface area contributed by atoms with Crippen molar-refractivity contribution < 1.29 is 0 Å². The molecule has 0 saturated heterocycles. The number of nitrogens with two attached hydrogens (primary N) is 1. The Labute approximate surface area is 138 Å². The van der Waals surface area contributed by atoms with E-state index in [1.54, 1.807) is 6.20 Å². The van der Waals surface area contributed by atoms with E-state index in [-0.39, 0.29) is 5.41 Å². The van der Waals surface area contributed by atoms with Crippen LogP contribution >= 0.6 is 0 Å². The molecule has 0 fully saturated rings. The SMILES string of the molecule is CCC(C)(CN(C)C)c1cccc(-c2ccnc(N)c2C=N)c1. The fourth-order valence-electron chi connectivity index (χ4n) is 3.06. The van der Waals surface area contributed by atoms with Crippen LogP contribution in [0.15, 0.2) is 36.5 Å². The molecule has 4 heteroatoms. The Morgan fingerprint density at radius 3 is 2.65 bits per heavy atom. The number of pyridine rings is 1. The summed E-state index contributed by atoms with van der Waals surface area (Å²) < 4.78 is 0. The highest BCUT2D eigenvalue weighted by molar-refractivity contribution is 5.93. The molecule has 0 aliphatic carbocycles. The molecule has 0 radical (unpaired) electrons. The fraction of sp³-hybridized carbons (Fsp3) is 0.368. The van der Waals surface area contributed by atoms with Gasteiger partial charge in [-0.2, -0.15) is 0 Å². The maximum Gasteiger partial charge on any atom is 0.132 e. The van der Waals surface area contributed by atoms with Crippen molar-refractivity contribution in [3.05, 3.63) is 47.7 Å². The lowest BCUT2D eigenvalue weighted by Crippen LogP contribution is -2.34. The maximum absolute atomic E-state index is 7.63. The van der Waals surface area contributed by atoms with Crippen molar-refractivity contribution >= 4 is 12.0 Å². The van der Waals surface area contributed by atoms with E-state index in [4.69, 9.17) is 11.1 Å². The largest absolute Gasteiger partial charge is 0.383 e. The molecule has 2 aromatic rings. The van der Waals surface area contributed by atoms with Gasteiger partial charge in [-0.3, -0.25) is 0 Å². The Hall–Kier alpha value is -2.20. The smallest absolute Gasteiger partial charge is 0.132 e. The van der Waals surface area contributed by atoms with Gasteiger partial charge < -0.3 is 16.0 Å². The van der Waals surface area contributed by atoms with Crippen LogP contribution in [0.4, 0.5) is 5.82 Å². The molecule has 2 rings (SSSR count). The molecule has 0 saturated carbocycles. The summed E-state index contributed by atoms with van der Waals surface area (Å²) in [5, 5.41) is 7.63. The quantitative estimate of drug-likeness (QED) is 0.802. The van der Waals surface area contributed by atoms with E-state index in [9.17, 15) is 0 Å². The van der Waals surface area contributed by atoms with E-state index in [2.05, 4.69) is 62.1 Å². The van der Waals surface area contributed by atoms with Gasteiger partial charge in [0, 0.05) is 29.9 Å². The van der Waals surface area contributed by atoms with Gasteiger partial charge in [0.1, 0.15) is 5.82 Å². The second-order valence-corrected chi connectivity index (χ2v) is 6.53. The Kier molecular flexibility index (Phi) is 5.16. The number of hydrogen-bond donors (Lipinski definition) is 2. The summed E-state index contributed by atoms with van der Waals surface area (Å²) in [6.07, 6.45) is 4.04. The molecule has 3 N–H and O–H groups in total. The van der Waals surface area contributed by atoms with Crippen LogP contribution in [0.2, 0.25) is 0 Å². The van der Waals surface area contributed by atoms with Crippen molar-refractivity contribution in [1.82, 2.24) is 9.88 Å². The second kappa shape index (κ2) is 6.92. The van der Waals surface area contributed by atoms with E-state index < -0.39 is 0 Å². The number of nitrogen functional groups attached to an aromatic ring is 1. The van der Waals surface area contributed by atoms with Gasteiger partial charge in [0.25, 0.3) is 0 Å². The van der Waals surface area contributed by atoms with Crippen molar-refractivity contribution in [2.75, 3.05) is 26.4 Å². The summed E-state index contributed by atoms with van der Waals surface area (Å²) in [6, 6.07) is 10.5. The molecule has 1 heterocycles. The summed E-state index contributed by atoms with van der Waals surface area (Å²) >= 11 is 0. The molecule has 23 heavy (non-hydrogen) atoms. The lowest BCUT2D eigenvalue weighted by Gasteiger charge is -2.32. The number of likely N-dealkylation sites (N-methyl/N-ethyl adjacent to an activating group) is 1. The fourth-order valence-corrected chi connectivity index (χ4v) is 3.06. The van der Waals surface area contributed by atoms with E-state index in [0.29, 0.717) is 11.4 Å². The molecule has 1 unspecified atom stereocenters. The van der Waals surface area contributed by atoms with Gasteiger partial charge in [0.15, 0.2) is 0 Å². The first-order chi connectivity index (χ1) is 10.9. The Morgan fingerprint density at radius 1 is 1.30 bits per heavy atom. The highest BCUT2D eigenvalue weighted by atomic mass is 15.1. The molecule has 0 amide bonds. The molecular weight excluding hydrogens is 284 g/mol. The molecule has 0 bridgehead atoms. The van der Waals surface area contributed by atoms with Crippen LogP contribution in [0.25, 0.3) is 11.1 Å². The normalized spacial score (nSPS) is 13.8. The van der Waals surface area contributed by atoms with Crippen molar-refractivity contribution in [2.45, 2.75) is 25.7 Å². The minimum absolute atomic E-state index is 0.0862. The highest BCUT2D eigenvalue weighted by Crippen LogP contribution is 2.32. The highest BCUT2D eigenvalue weighted by Gasteiger charge is 2.25. The van der Waals surface area contributed by atoms with Crippen LogP contribution in [-0.4, -0.2) is 36.7 Å². The zero-order valence-electron chi connectivity index (χ0n) is 14.4. The third kappa shape index (κ3) is 3.59. The molecule has 1 aromatic heterocycles. The number of nitrogens with one attached hydrogen (secondary N) is 1. The van der Waals surface area contributed by atoms with E-state index in [0.717, 1.165) is 24.1 Å². The Bertz CT molecular complexity index is 694. The van der Waals surface area contributed by atoms with Crippen LogP contribution < -0.4 is 5.73 Å². The summed E-state index contributed by atoms with van der Waals surface area (Å²) in [5.41, 5.74) is 10.0. The predicted molar refractivity (Wildman–Crippen MR) is 98.2 cm³/mol. The number of nitrogens with zero attached hydrogens (tertiary/aromatic N) is 2. The Morgan fingerprint density at radius 2 is 2.04 bits per heavy atom. The number of aromatic nitrogens is 1. The van der Waals surface area contributed by atoms with E-state index in [1.807, 2.05) is 6.07 Å². The minimum atomic E-state index is 0.0862. The minimum Gasteiger partial charge on any atom is -0.383 e. The lowest BCUT2D eigenvalue weighted by molar-refractivity contribution is 0.291. The summed E-state index contributed by atoms with van der Waals surface area (Å²) in [6.45, 7) is 5.51. The number of rotatable bonds is 6. The summed E-state index contributed by atoms with van der Waals surface area (Å²) in [7, 11) is 4.21. The van der Waals surface area contributed by atoms with Gasteiger partial charge in [0.2, 0.25) is 0 Å². The van der Waals surface area contributed by atoms with Crippen LogP contribution in [0.1, 0.15) is 31.4 Å². The maximum atomic E-state index is 7.63. The topological polar surface area (TPSA) is 66.0 Å². The molecule has 122 valence electrons. The van der Waals surface area contributed by atoms with Crippen LogP contribution in [-0.2, 0) is 5.41 Å². The van der Waals surface area contributed by atoms with Crippen molar-refractivity contribution in [1.29, 1.82) is 5.41 Å². The predicted octanol–water partition coefficient (Wildman–Crippen LogP) is 3.56. The van der Waals surface area contributed by atoms with Crippen molar-refractivity contribution in [3.63, 3.8) is 0 Å². The number of benzene rings is 1. The van der Waals surface area contributed by atoms with Gasteiger partial charge in [-0.15, -0.1) is 0 Å². The van der Waals surface area contributed by atoms with Crippen LogP contribution in [0.3, 0.4) is 0 Å². The second-order valence-electron chi connectivity index (χ2n) is 6.53. The molecule has 0 aliphatic heterocycles. The number of hydrogen-bond acceptors (Lipinski definition) is 4. The molecule has 1 aromatic carbocycles. The monoisotopic (exact) mass is 310 g/mol. The van der Waals surface area contributed by atoms with Gasteiger partial charge in [0.05, 0.1) is 0 Å². The first-order valence-corrected chi connectivity index (χ1v) is 7.92. The molecule has 0 spiro atoms. The number of anilines is 1. The Balaban J connectivity index is 2.53. The van der Waals surface area contributed by atoms with Gasteiger partial charge >= 0.3 is 0 Å². The van der Waals surface area contributed by atoms with E-state index in [1.165, 1.54) is 11.8 Å². The molecule has 1 atom stereocenters. The molecule has 4 nitrogen and oxygen atoms in total. The van der Waals surface area contributed by atoms with Crippen LogP contribution in [0.5, 0.6) is 0 Å². The molecule has 0 aliphatic rings. The first kappa shape index (κ1) is 17.2.